The molecule has 0 bridgehead atoms. The maximum Gasteiger partial charge on any atom is 0.225 e. The van der Waals surface area contributed by atoms with E-state index in [9.17, 15) is 4.39 Å². The predicted octanol–water partition coefficient (Wildman–Crippen LogP) is 2.71. The minimum atomic E-state index is -0.315. The van der Waals surface area contributed by atoms with Crippen LogP contribution in [0.2, 0.25) is 0 Å². The summed E-state index contributed by atoms with van der Waals surface area (Å²) < 4.78 is 18.1. The van der Waals surface area contributed by atoms with Crippen molar-refractivity contribution in [2.24, 2.45) is 0 Å². The number of rotatable bonds is 3. The van der Waals surface area contributed by atoms with Gasteiger partial charge in [-0.15, -0.1) is 0 Å². The number of aromatic nitrogens is 2. The number of benzene rings is 1. The number of anilines is 1. The van der Waals surface area contributed by atoms with Crippen molar-refractivity contribution in [3.05, 3.63) is 36.1 Å². The van der Waals surface area contributed by atoms with E-state index in [-0.39, 0.29) is 5.82 Å². The Hall–Kier alpha value is -1.82. The van der Waals surface area contributed by atoms with E-state index in [1.54, 1.807) is 0 Å². The smallest absolute Gasteiger partial charge is 0.225 e. The van der Waals surface area contributed by atoms with Crippen molar-refractivity contribution in [1.29, 1.82) is 0 Å². The molecule has 2 aromatic rings. The zero-order valence-corrected chi connectivity index (χ0v) is 9.87. The Bertz CT molecular complexity index is 519. The molecule has 1 aromatic carbocycles. The molecule has 0 amide bonds. The van der Waals surface area contributed by atoms with Gasteiger partial charge in [-0.3, -0.25) is 0 Å². The average Bonchev–Trinajstić information content (AvgIpc) is 2.31. The highest BCUT2D eigenvalue weighted by atomic mass is 32.2. The highest BCUT2D eigenvalue weighted by Crippen LogP contribution is 2.23. The van der Waals surface area contributed by atoms with Gasteiger partial charge in [0.15, 0.2) is 5.16 Å². The molecule has 0 aliphatic carbocycles. The summed E-state index contributed by atoms with van der Waals surface area (Å²) >= 11 is 1.37. The lowest BCUT2D eigenvalue weighted by Gasteiger charge is -2.06. The zero-order valence-electron chi connectivity index (χ0n) is 9.05. The van der Waals surface area contributed by atoms with E-state index in [4.69, 9.17) is 10.5 Å². The molecule has 0 unspecified atom stereocenters. The van der Waals surface area contributed by atoms with Crippen molar-refractivity contribution in [2.75, 3.05) is 12.0 Å². The van der Waals surface area contributed by atoms with Crippen LogP contribution in [0.25, 0.3) is 0 Å². The summed E-state index contributed by atoms with van der Waals surface area (Å²) in [6.07, 6.45) is 1.84. The lowest BCUT2D eigenvalue weighted by Crippen LogP contribution is -1.97. The van der Waals surface area contributed by atoms with Gasteiger partial charge in [0.2, 0.25) is 5.88 Å². The molecule has 0 aliphatic rings. The molecular formula is C11H10FN3OS. The molecular weight excluding hydrogens is 241 g/mol. The van der Waals surface area contributed by atoms with Crippen LogP contribution in [0.1, 0.15) is 0 Å². The summed E-state index contributed by atoms with van der Waals surface area (Å²) in [5.41, 5.74) is 5.61. The molecule has 0 fully saturated rings. The van der Waals surface area contributed by atoms with Gasteiger partial charge in [0, 0.05) is 6.07 Å². The molecule has 88 valence electrons. The Kier molecular flexibility index (Phi) is 3.43. The second-order valence-electron chi connectivity index (χ2n) is 3.17. The van der Waals surface area contributed by atoms with Gasteiger partial charge in [0.1, 0.15) is 17.4 Å². The maximum atomic E-state index is 12.7. The highest BCUT2D eigenvalue weighted by molar-refractivity contribution is 7.98. The van der Waals surface area contributed by atoms with Crippen LogP contribution in [0.3, 0.4) is 0 Å². The molecule has 0 saturated carbocycles. The number of nitrogen functional groups attached to an aromatic ring is 1. The number of halogens is 1. The molecule has 2 N–H and O–H groups in total. The third kappa shape index (κ3) is 3.07. The predicted molar refractivity (Wildman–Crippen MR) is 64.7 cm³/mol. The summed E-state index contributed by atoms with van der Waals surface area (Å²) in [5, 5.41) is 0.530. The largest absolute Gasteiger partial charge is 0.439 e. The average molecular weight is 251 g/mol. The van der Waals surface area contributed by atoms with Crippen LogP contribution in [-0.4, -0.2) is 16.2 Å². The monoisotopic (exact) mass is 251 g/mol. The Morgan fingerprint density at radius 1 is 1.24 bits per heavy atom. The molecule has 1 aromatic heterocycles. The first-order valence-electron chi connectivity index (χ1n) is 4.79. The van der Waals surface area contributed by atoms with Gasteiger partial charge in [0.25, 0.3) is 0 Å². The minimum absolute atomic E-state index is 0.315. The van der Waals surface area contributed by atoms with Crippen molar-refractivity contribution in [3.63, 3.8) is 0 Å². The van der Waals surface area contributed by atoms with Gasteiger partial charge in [-0.1, -0.05) is 11.8 Å². The quantitative estimate of drug-likeness (QED) is 0.671. The van der Waals surface area contributed by atoms with E-state index in [1.165, 1.54) is 42.1 Å². The van der Waals surface area contributed by atoms with Crippen LogP contribution < -0.4 is 10.5 Å². The number of hydrogen-bond donors (Lipinski definition) is 1. The topological polar surface area (TPSA) is 61.0 Å². The van der Waals surface area contributed by atoms with Crippen molar-refractivity contribution in [3.8, 4) is 11.6 Å². The molecule has 0 radical (unpaired) electrons. The van der Waals surface area contributed by atoms with Gasteiger partial charge in [0.05, 0.1) is 0 Å². The number of thioether (sulfide) groups is 1. The molecule has 6 heteroatoms. The number of nitrogens with two attached hydrogens (primary N) is 1. The SMILES string of the molecule is CSc1nc(N)cc(Oc2ccc(F)cc2)n1. The van der Waals surface area contributed by atoms with Crippen molar-refractivity contribution in [1.82, 2.24) is 9.97 Å². The molecule has 4 nitrogen and oxygen atoms in total. The van der Waals surface area contributed by atoms with Crippen molar-refractivity contribution >= 4 is 17.6 Å². The fourth-order valence-corrected chi connectivity index (χ4v) is 1.57. The Morgan fingerprint density at radius 3 is 2.59 bits per heavy atom. The number of hydrogen-bond acceptors (Lipinski definition) is 5. The normalized spacial score (nSPS) is 10.2. The van der Waals surface area contributed by atoms with E-state index >= 15 is 0 Å². The van der Waals surface area contributed by atoms with Gasteiger partial charge in [-0.25, -0.2) is 9.37 Å². The summed E-state index contributed by atoms with van der Waals surface area (Å²) in [6.45, 7) is 0. The molecule has 0 atom stereocenters. The molecule has 17 heavy (non-hydrogen) atoms. The Labute approximate surface area is 102 Å². The van der Waals surface area contributed by atoms with Crippen molar-refractivity contribution < 1.29 is 9.13 Å². The van der Waals surface area contributed by atoms with Crippen LogP contribution in [0.5, 0.6) is 11.6 Å². The summed E-state index contributed by atoms with van der Waals surface area (Å²) in [7, 11) is 0. The van der Waals surface area contributed by atoms with E-state index in [2.05, 4.69) is 9.97 Å². The number of ether oxygens (including phenoxy) is 1. The third-order valence-electron chi connectivity index (χ3n) is 1.92. The minimum Gasteiger partial charge on any atom is -0.439 e. The Morgan fingerprint density at radius 2 is 1.94 bits per heavy atom. The highest BCUT2D eigenvalue weighted by Gasteiger charge is 2.04. The van der Waals surface area contributed by atoms with E-state index in [0.717, 1.165) is 0 Å². The maximum absolute atomic E-state index is 12.7. The molecule has 2 rings (SSSR count). The fraction of sp³-hybridized carbons (Fsp3) is 0.0909. The first-order chi connectivity index (χ1) is 8.17. The first-order valence-corrected chi connectivity index (χ1v) is 6.02. The van der Waals surface area contributed by atoms with E-state index < -0.39 is 0 Å². The molecule has 1 heterocycles. The van der Waals surface area contributed by atoms with Gasteiger partial charge in [-0.05, 0) is 30.5 Å². The van der Waals surface area contributed by atoms with Crippen LogP contribution in [0.4, 0.5) is 10.2 Å². The summed E-state index contributed by atoms with van der Waals surface area (Å²) in [5.74, 6) is 0.857. The standard InChI is InChI=1S/C11H10FN3OS/c1-17-11-14-9(13)6-10(15-11)16-8-4-2-7(12)3-5-8/h2-6H,1H3,(H2,13,14,15). The first kappa shape index (κ1) is 11.7. The van der Waals surface area contributed by atoms with E-state index in [0.29, 0.717) is 22.6 Å². The number of nitrogens with zero attached hydrogens (tertiary/aromatic N) is 2. The lowest BCUT2D eigenvalue weighted by molar-refractivity contribution is 0.454. The second kappa shape index (κ2) is 5.01. The Balaban J connectivity index is 2.23. The van der Waals surface area contributed by atoms with Crippen LogP contribution in [0.15, 0.2) is 35.5 Å². The second-order valence-corrected chi connectivity index (χ2v) is 3.95. The lowest BCUT2D eigenvalue weighted by atomic mass is 10.3. The van der Waals surface area contributed by atoms with Crippen molar-refractivity contribution in [2.45, 2.75) is 5.16 Å². The van der Waals surface area contributed by atoms with Crippen LogP contribution >= 0.6 is 11.8 Å². The van der Waals surface area contributed by atoms with Gasteiger partial charge < -0.3 is 10.5 Å². The summed E-state index contributed by atoms with van der Waals surface area (Å²) in [6, 6.07) is 7.19. The zero-order chi connectivity index (χ0) is 12.3. The molecule has 0 spiro atoms. The molecule has 0 saturated heterocycles. The van der Waals surface area contributed by atoms with Crippen LogP contribution in [-0.2, 0) is 0 Å². The fourth-order valence-electron chi connectivity index (χ4n) is 1.19. The third-order valence-corrected chi connectivity index (χ3v) is 2.47. The van der Waals surface area contributed by atoms with Gasteiger partial charge in [-0.2, -0.15) is 4.98 Å². The van der Waals surface area contributed by atoms with Crippen LogP contribution in [0, 0.1) is 5.82 Å². The summed E-state index contributed by atoms with van der Waals surface area (Å²) in [4.78, 5) is 8.12. The van der Waals surface area contributed by atoms with E-state index in [1.807, 2.05) is 6.26 Å². The van der Waals surface area contributed by atoms with Gasteiger partial charge >= 0.3 is 0 Å². The molecule has 0 aliphatic heterocycles.